The molecule has 130 valence electrons. The molecule has 0 aromatic carbocycles. The molecule has 1 saturated carbocycles. The summed E-state index contributed by atoms with van der Waals surface area (Å²) in [5.41, 5.74) is 0. The number of alkyl halides is 3. The third-order valence-electron chi connectivity index (χ3n) is 4.38. The van der Waals surface area contributed by atoms with E-state index in [-0.39, 0.29) is 24.0 Å². The van der Waals surface area contributed by atoms with E-state index in [4.69, 9.17) is 0 Å². The Morgan fingerprint density at radius 1 is 1.23 bits per heavy atom. The molecule has 0 aromatic heterocycles. The Morgan fingerprint density at radius 2 is 1.82 bits per heavy atom. The van der Waals surface area contributed by atoms with Crippen molar-refractivity contribution in [3.63, 3.8) is 0 Å². The van der Waals surface area contributed by atoms with Gasteiger partial charge in [0.15, 0.2) is 5.96 Å². The topological polar surface area (TPSA) is 30.9 Å². The number of aliphatic imine (C=N–C) groups is 1. The number of hydrogen-bond donors (Lipinski definition) is 1. The lowest BCUT2D eigenvalue weighted by atomic mass is 10.2. The van der Waals surface area contributed by atoms with Crippen molar-refractivity contribution in [2.75, 3.05) is 39.8 Å². The fourth-order valence-electron chi connectivity index (χ4n) is 2.65. The molecule has 1 aliphatic heterocycles. The number of rotatable bonds is 4. The maximum atomic E-state index is 12.7. The molecule has 0 bridgehead atoms. The normalized spacial score (nSPS) is 22.2. The third kappa shape index (κ3) is 5.75. The molecule has 1 aliphatic carbocycles. The molecule has 4 nitrogen and oxygen atoms in total. The summed E-state index contributed by atoms with van der Waals surface area (Å²) in [7, 11) is 1.73. The van der Waals surface area contributed by atoms with E-state index in [0.717, 1.165) is 24.8 Å². The van der Waals surface area contributed by atoms with E-state index < -0.39 is 12.2 Å². The maximum absolute atomic E-state index is 12.7. The average molecular weight is 434 g/mol. The summed E-state index contributed by atoms with van der Waals surface area (Å²) in [6.45, 7) is 4.15. The summed E-state index contributed by atoms with van der Waals surface area (Å²) in [6, 6.07) is -1.37. The molecule has 0 radical (unpaired) electrons. The molecule has 1 saturated heterocycles. The van der Waals surface area contributed by atoms with Gasteiger partial charge in [0.25, 0.3) is 0 Å². The number of piperazine rings is 1. The molecule has 0 amide bonds. The first kappa shape index (κ1) is 19.8. The van der Waals surface area contributed by atoms with Gasteiger partial charge in [0, 0.05) is 39.8 Å². The molecule has 0 aromatic rings. The van der Waals surface area contributed by atoms with Gasteiger partial charge in [-0.25, -0.2) is 0 Å². The van der Waals surface area contributed by atoms with Gasteiger partial charge in [0.2, 0.25) is 0 Å². The second kappa shape index (κ2) is 8.56. The van der Waals surface area contributed by atoms with Gasteiger partial charge in [-0.15, -0.1) is 24.0 Å². The summed E-state index contributed by atoms with van der Waals surface area (Å²) in [5, 5.41) is 3.32. The Hall–Kier alpha value is -0.250. The monoisotopic (exact) mass is 434 g/mol. The van der Waals surface area contributed by atoms with Crippen molar-refractivity contribution in [2.45, 2.75) is 38.4 Å². The van der Waals surface area contributed by atoms with E-state index >= 15 is 0 Å². The maximum Gasteiger partial charge on any atom is 0.403 e. The molecule has 1 heterocycles. The van der Waals surface area contributed by atoms with Crippen LogP contribution in [0.4, 0.5) is 13.2 Å². The van der Waals surface area contributed by atoms with Crippen molar-refractivity contribution in [3.05, 3.63) is 0 Å². The van der Waals surface area contributed by atoms with Crippen LogP contribution >= 0.6 is 24.0 Å². The van der Waals surface area contributed by atoms with Gasteiger partial charge in [-0.3, -0.25) is 9.89 Å². The van der Waals surface area contributed by atoms with Crippen molar-refractivity contribution in [1.29, 1.82) is 0 Å². The molecular formula is C14H26F3IN4. The highest BCUT2D eigenvalue weighted by Crippen LogP contribution is 2.31. The van der Waals surface area contributed by atoms with Crippen LogP contribution in [0.15, 0.2) is 4.99 Å². The van der Waals surface area contributed by atoms with Crippen LogP contribution in [-0.2, 0) is 0 Å². The van der Waals surface area contributed by atoms with Crippen LogP contribution < -0.4 is 5.32 Å². The van der Waals surface area contributed by atoms with Gasteiger partial charge in [-0.05, 0) is 19.3 Å². The first-order chi connectivity index (χ1) is 9.91. The largest absolute Gasteiger partial charge is 0.403 e. The summed E-state index contributed by atoms with van der Waals surface area (Å²) in [5.74, 6) is 1.68. The highest BCUT2D eigenvalue weighted by Gasteiger charge is 2.41. The predicted octanol–water partition coefficient (Wildman–Crippen LogP) is 2.55. The van der Waals surface area contributed by atoms with Crippen molar-refractivity contribution < 1.29 is 13.2 Å². The molecule has 22 heavy (non-hydrogen) atoms. The molecule has 0 spiro atoms. The number of hydrogen-bond acceptors (Lipinski definition) is 2. The van der Waals surface area contributed by atoms with Crippen LogP contribution in [0.3, 0.4) is 0 Å². The van der Waals surface area contributed by atoms with E-state index in [2.05, 4.69) is 10.3 Å². The van der Waals surface area contributed by atoms with Gasteiger partial charge >= 0.3 is 6.18 Å². The van der Waals surface area contributed by atoms with Gasteiger partial charge in [-0.2, -0.15) is 13.2 Å². The Labute approximate surface area is 147 Å². The lowest BCUT2D eigenvalue weighted by molar-refractivity contribution is -0.181. The van der Waals surface area contributed by atoms with Crippen molar-refractivity contribution in [1.82, 2.24) is 15.1 Å². The quantitative estimate of drug-likeness (QED) is 0.419. The number of nitrogens with zero attached hydrogens (tertiary/aromatic N) is 3. The molecule has 1 atom stereocenters. The summed E-state index contributed by atoms with van der Waals surface area (Å²) in [4.78, 5) is 7.78. The van der Waals surface area contributed by atoms with Gasteiger partial charge in [-0.1, -0.05) is 12.8 Å². The Balaban J connectivity index is 0.00000242. The smallest absolute Gasteiger partial charge is 0.356 e. The minimum absolute atomic E-state index is 0. The van der Waals surface area contributed by atoms with Gasteiger partial charge in [0.1, 0.15) is 6.04 Å². The summed E-state index contributed by atoms with van der Waals surface area (Å²) >= 11 is 0. The highest BCUT2D eigenvalue weighted by molar-refractivity contribution is 14.0. The van der Waals surface area contributed by atoms with Gasteiger partial charge < -0.3 is 10.2 Å². The highest BCUT2D eigenvalue weighted by atomic mass is 127. The summed E-state index contributed by atoms with van der Waals surface area (Å²) in [6.07, 6.45) is -0.334. The minimum Gasteiger partial charge on any atom is -0.356 e. The van der Waals surface area contributed by atoms with Crippen LogP contribution in [0.1, 0.15) is 26.2 Å². The zero-order chi connectivity index (χ0) is 15.5. The van der Waals surface area contributed by atoms with E-state index in [0.29, 0.717) is 26.2 Å². The zero-order valence-electron chi connectivity index (χ0n) is 13.2. The van der Waals surface area contributed by atoms with E-state index in [1.165, 1.54) is 24.7 Å². The Morgan fingerprint density at radius 3 is 2.27 bits per heavy atom. The van der Waals surface area contributed by atoms with E-state index in [1.807, 2.05) is 4.90 Å². The molecule has 1 unspecified atom stereocenters. The first-order valence-corrected chi connectivity index (χ1v) is 7.68. The lowest BCUT2D eigenvalue weighted by Gasteiger charge is -2.39. The molecule has 2 rings (SSSR count). The zero-order valence-corrected chi connectivity index (χ0v) is 15.5. The standard InChI is InChI=1S/C14H25F3N4.HI/c1-11(14(15,16)17)20-7-9-21(10-8-20)13(18-2)19-6-5-12-3-4-12;/h11-12H,3-10H2,1-2H3,(H,18,19);1H. The van der Waals surface area contributed by atoms with Crippen LogP contribution in [0.5, 0.6) is 0 Å². The van der Waals surface area contributed by atoms with Crippen LogP contribution in [-0.4, -0.2) is 67.7 Å². The summed E-state index contributed by atoms with van der Waals surface area (Å²) < 4.78 is 38.1. The third-order valence-corrected chi connectivity index (χ3v) is 4.38. The molecular weight excluding hydrogens is 408 g/mol. The van der Waals surface area contributed by atoms with Crippen LogP contribution in [0.2, 0.25) is 0 Å². The number of halogens is 4. The fraction of sp³-hybridized carbons (Fsp3) is 0.929. The van der Waals surface area contributed by atoms with Crippen LogP contribution in [0, 0.1) is 5.92 Å². The molecule has 2 fully saturated rings. The van der Waals surface area contributed by atoms with Crippen molar-refractivity contribution in [3.8, 4) is 0 Å². The average Bonchev–Trinajstić information content (AvgIpc) is 3.26. The number of guanidine groups is 1. The fourth-order valence-corrected chi connectivity index (χ4v) is 2.65. The second-order valence-corrected chi connectivity index (χ2v) is 5.95. The Kier molecular flexibility index (Phi) is 7.70. The molecule has 2 aliphatic rings. The number of nitrogens with one attached hydrogen (secondary N) is 1. The van der Waals surface area contributed by atoms with Gasteiger partial charge in [0.05, 0.1) is 0 Å². The minimum atomic E-state index is -4.15. The van der Waals surface area contributed by atoms with E-state index in [9.17, 15) is 13.2 Å². The Bertz CT molecular complexity index is 364. The SMILES string of the molecule is CN=C(NCCC1CC1)N1CCN(C(C)C(F)(F)F)CC1.I. The van der Waals surface area contributed by atoms with E-state index in [1.54, 1.807) is 7.05 Å². The van der Waals surface area contributed by atoms with Crippen molar-refractivity contribution >= 4 is 29.9 Å². The molecule has 1 N–H and O–H groups in total. The molecule has 8 heteroatoms. The lowest BCUT2D eigenvalue weighted by Crippen LogP contribution is -2.56. The van der Waals surface area contributed by atoms with Crippen LogP contribution in [0.25, 0.3) is 0 Å². The predicted molar refractivity (Wildman–Crippen MR) is 92.8 cm³/mol. The van der Waals surface area contributed by atoms with Crippen molar-refractivity contribution in [2.24, 2.45) is 10.9 Å². The second-order valence-electron chi connectivity index (χ2n) is 5.95. The first-order valence-electron chi connectivity index (χ1n) is 7.68.